The third-order valence-corrected chi connectivity index (χ3v) is 6.64. The van der Waals surface area contributed by atoms with Crippen LogP contribution in [-0.4, -0.2) is 41.0 Å². The fraction of sp³-hybridized carbons (Fsp3) is 0.316. The highest BCUT2D eigenvalue weighted by Crippen LogP contribution is 2.31. The molecule has 1 aromatic carbocycles. The lowest BCUT2D eigenvalue weighted by molar-refractivity contribution is 0.440. The van der Waals surface area contributed by atoms with Crippen molar-refractivity contribution in [2.75, 3.05) is 13.1 Å². The van der Waals surface area contributed by atoms with Crippen molar-refractivity contribution in [3.8, 4) is 11.5 Å². The summed E-state index contributed by atoms with van der Waals surface area (Å²) in [6, 6.07) is 10.7. The Labute approximate surface area is 158 Å². The predicted molar refractivity (Wildman–Crippen MR) is 99.6 cm³/mol. The zero-order chi connectivity index (χ0) is 19.0. The molecule has 1 aliphatic heterocycles. The van der Waals surface area contributed by atoms with Crippen molar-refractivity contribution in [2.45, 2.75) is 31.1 Å². The average Bonchev–Trinajstić information content (AvgIpc) is 3.32. The van der Waals surface area contributed by atoms with Crippen LogP contribution in [-0.2, 0) is 10.0 Å². The Balaban J connectivity index is 1.51. The van der Waals surface area contributed by atoms with Crippen molar-refractivity contribution < 1.29 is 12.8 Å². The van der Waals surface area contributed by atoms with E-state index < -0.39 is 10.0 Å². The summed E-state index contributed by atoms with van der Waals surface area (Å²) < 4.78 is 32.9. The van der Waals surface area contributed by atoms with Gasteiger partial charge in [-0.15, -0.1) is 10.2 Å². The highest BCUT2D eigenvalue weighted by Gasteiger charge is 2.35. The topological polar surface area (TPSA) is 89.2 Å². The fourth-order valence-corrected chi connectivity index (χ4v) is 4.62. The summed E-state index contributed by atoms with van der Waals surface area (Å²) in [6.07, 6.45) is 2.34. The maximum Gasteiger partial charge on any atom is 0.249 e. The van der Waals surface area contributed by atoms with E-state index in [1.807, 2.05) is 26.0 Å². The van der Waals surface area contributed by atoms with Crippen LogP contribution >= 0.6 is 0 Å². The summed E-state index contributed by atoms with van der Waals surface area (Å²) in [6.45, 7) is 4.61. The molecule has 0 N–H and O–H groups in total. The number of rotatable bonds is 4. The van der Waals surface area contributed by atoms with Crippen molar-refractivity contribution in [3.05, 3.63) is 59.7 Å². The maximum absolute atomic E-state index is 12.8. The summed E-state index contributed by atoms with van der Waals surface area (Å²) in [4.78, 5) is 4.54. The molecule has 0 bridgehead atoms. The minimum atomic E-state index is -3.51. The normalized spacial score (nSPS) is 18.1. The van der Waals surface area contributed by atoms with Gasteiger partial charge in [0.05, 0.1) is 16.4 Å². The first-order valence-electron chi connectivity index (χ1n) is 8.77. The number of nitrogens with zero attached hydrogens (tertiary/aromatic N) is 4. The summed E-state index contributed by atoms with van der Waals surface area (Å²) in [5.41, 5.74) is 2.69. The second kappa shape index (κ2) is 6.86. The monoisotopic (exact) mass is 384 g/mol. The van der Waals surface area contributed by atoms with E-state index in [0.717, 1.165) is 16.8 Å². The Morgan fingerprint density at radius 1 is 1.07 bits per heavy atom. The quantitative estimate of drug-likeness (QED) is 0.687. The van der Waals surface area contributed by atoms with Gasteiger partial charge in [-0.1, -0.05) is 17.7 Å². The third kappa shape index (κ3) is 3.50. The van der Waals surface area contributed by atoms with E-state index in [1.165, 1.54) is 4.31 Å². The van der Waals surface area contributed by atoms with E-state index in [4.69, 9.17) is 4.42 Å². The molecule has 3 aromatic rings. The first-order chi connectivity index (χ1) is 12.9. The summed E-state index contributed by atoms with van der Waals surface area (Å²) in [5.74, 6) is 0.759. The van der Waals surface area contributed by atoms with Crippen LogP contribution in [0.3, 0.4) is 0 Å². The SMILES string of the molecule is Cc1ccc(S(=O)(=O)N2CC[C@@H](c3nnc(-c4ccc(C)nc4)o3)C2)cc1. The Hall–Kier alpha value is -2.58. The van der Waals surface area contributed by atoms with Gasteiger partial charge in [0.15, 0.2) is 0 Å². The van der Waals surface area contributed by atoms with Crippen molar-refractivity contribution >= 4 is 10.0 Å². The number of benzene rings is 1. The largest absolute Gasteiger partial charge is 0.420 e. The lowest BCUT2D eigenvalue weighted by Gasteiger charge is -2.16. The molecule has 7 nitrogen and oxygen atoms in total. The molecule has 0 saturated carbocycles. The number of aromatic nitrogens is 3. The highest BCUT2D eigenvalue weighted by molar-refractivity contribution is 7.89. The molecule has 0 amide bonds. The molecule has 1 atom stereocenters. The van der Waals surface area contributed by atoms with Crippen LogP contribution in [0, 0.1) is 13.8 Å². The van der Waals surface area contributed by atoms with Gasteiger partial charge in [-0.05, 0) is 44.5 Å². The molecule has 3 heterocycles. The van der Waals surface area contributed by atoms with E-state index in [0.29, 0.717) is 36.2 Å². The van der Waals surface area contributed by atoms with Crippen LogP contribution < -0.4 is 0 Å². The van der Waals surface area contributed by atoms with Gasteiger partial charge in [-0.2, -0.15) is 4.31 Å². The lowest BCUT2D eigenvalue weighted by Crippen LogP contribution is -2.28. The number of hydrogen-bond acceptors (Lipinski definition) is 6. The number of hydrogen-bond donors (Lipinski definition) is 0. The van der Waals surface area contributed by atoms with Gasteiger partial charge in [-0.25, -0.2) is 8.42 Å². The molecule has 1 fully saturated rings. The molecule has 1 aliphatic rings. The smallest absolute Gasteiger partial charge is 0.249 e. The van der Waals surface area contributed by atoms with E-state index in [2.05, 4.69) is 15.2 Å². The van der Waals surface area contributed by atoms with Gasteiger partial charge in [0.2, 0.25) is 21.8 Å². The van der Waals surface area contributed by atoms with E-state index in [-0.39, 0.29) is 5.92 Å². The Kier molecular flexibility index (Phi) is 4.53. The molecular formula is C19H20N4O3S. The lowest BCUT2D eigenvalue weighted by atomic mass is 10.1. The summed E-state index contributed by atoms with van der Waals surface area (Å²) in [5, 5.41) is 8.22. The van der Waals surface area contributed by atoms with Crippen LogP contribution in [0.25, 0.3) is 11.5 Å². The first-order valence-corrected chi connectivity index (χ1v) is 10.2. The predicted octanol–water partition coefficient (Wildman–Crippen LogP) is 2.93. The van der Waals surface area contributed by atoms with Gasteiger partial charge in [0.25, 0.3) is 0 Å². The number of pyridine rings is 1. The van der Waals surface area contributed by atoms with Gasteiger partial charge in [-0.3, -0.25) is 4.98 Å². The molecule has 8 heteroatoms. The molecule has 0 spiro atoms. The van der Waals surface area contributed by atoms with Crippen LogP contribution in [0.1, 0.15) is 29.5 Å². The average molecular weight is 384 g/mol. The second-order valence-corrected chi connectivity index (χ2v) is 8.73. The molecular weight excluding hydrogens is 364 g/mol. The van der Waals surface area contributed by atoms with Gasteiger partial charge < -0.3 is 4.42 Å². The molecule has 4 rings (SSSR count). The minimum absolute atomic E-state index is 0.107. The van der Waals surface area contributed by atoms with E-state index in [9.17, 15) is 8.42 Å². The molecule has 27 heavy (non-hydrogen) atoms. The zero-order valence-electron chi connectivity index (χ0n) is 15.2. The summed E-state index contributed by atoms with van der Waals surface area (Å²) in [7, 11) is -3.51. The molecule has 2 aromatic heterocycles. The Bertz CT molecular complexity index is 1040. The van der Waals surface area contributed by atoms with Gasteiger partial charge in [0.1, 0.15) is 0 Å². The van der Waals surface area contributed by atoms with E-state index >= 15 is 0 Å². The Morgan fingerprint density at radius 3 is 2.56 bits per heavy atom. The number of aryl methyl sites for hydroxylation is 2. The van der Waals surface area contributed by atoms with Crippen molar-refractivity contribution in [3.63, 3.8) is 0 Å². The molecule has 1 saturated heterocycles. The van der Waals surface area contributed by atoms with Crippen LogP contribution in [0.15, 0.2) is 51.9 Å². The first kappa shape index (κ1) is 17.8. The fourth-order valence-electron chi connectivity index (χ4n) is 3.12. The van der Waals surface area contributed by atoms with Gasteiger partial charge >= 0.3 is 0 Å². The Morgan fingerprint density at radius 2 is 1.85 bits per heavy atom. The van der Waals surface area contributed by atoms with Crippen molar-refractivity contribution in [1.29, 1.82) is 0 Å². The highest BCUT2D eigenvalue weighted by atomic mass is 32.2. The minimum Gasteiger partial charge on any atom is -0.420 e. The van der Waals surface area contributed by atoms with Gasteiger partial charge in [0, 0.05) is 25.0 Å². The zero-order valence-corrected chi connectivity index (χ0v) is 16.0. The third-order valence-electron chi connectivity index (χ3n) is 4.76. The molecule has 0 radical (unpaired) electrons. The van der Waals surface area contributed by atoms with Crippen molar-refractivity contribution in [2.24, 2.45) is 0 Å². The molecule has 140 valence electrons. The van der Waals surface area contributed by atoms with Crippen LogP contribution in [0.2, 0.25) is 0 Å². The van der Waals surface area contributed by atoms with Crippen LogP contribution in [0.4, 0.5) is 0 Å². The standard InChI is InChI=1S/C19H20N4O3S/c1-13-3-7-17(8-4-13)27(24,25)23-10-9-16(12-23)19-22-21-18(26-19)15-6-5-14(2)20-11-15/h3-8,11,16H,9-10,12H2,1-2H3/t16-/m1/s1. The maximum atomic E-state index is 12.8. The van der Waals surface area contributed by atoms with Crippen LogP contribution in [0.5, 0.6) is 0 Å². The molecule has 0 aliphatic carbocycles. The second-order valence-electron chi connectivity index (χ2n) is 6.80. The summed E-state index contributed by atoms with van der Waals surface area (Å²) >= 11 is 0. The van der Waals surface area contributed by atoms with Crippen molar-refractivity contribution in [1.82, 2.24) is 19.5 Å². The van der Waals surface area contributed by atoms with E-state index in [1.54, 1.807) is 30.5 Å². The molecule has 0 unspecified atom stereocenters. The number of sulfonamides is 1.